The number of benzene rings is 1. The van der Waals surface area contributed by atoms with E-state index < -0.39 is 28.1 Å². The van der Waals surface area contributed by atoms with E-state index in [1.54, 1.807) is 24.1 Å². The van der Waals surface area contributed by atoms with Crippen molar-refractivity contribution < 1.29 is 41.4 Å². The van der Waals surface area contributed by atoms with Gasteiger partial charge in [0.2, 0.25) is 0 Å². The number of carboxylic acid groups (broad SMARTS) is 2. The Kier molecular flexibility index (Phi) is 10.2. The van der Waals surface area contributed by atoms with E-state index in [0.29, 0.717) is 6.54 Å². The highest BCUT2D eigenvalue weighted by atomic mass is 32.2. The molecule has 2 aromatic heterocycles. The number of nitrogens with one attached hydrogen (secondary N) is 1. The van der Waals surface area contributed by atoms with Gasteiger partial charge in [-0.15, -0.1) is 0 Å². The molecule has 0 bridgehead atoms. The van der Waals surface area contributed by atoms with Crippen LogP contribution in [0.2, 0.25) is 0 Å². The first-order valence-corrected chi connectivity index (χ1v) is 14.5. The largest absolute Gasteiger partial charge is 0.490 e. The van der Waals surface area contributed by atoms with Crippen LogP contribution in [-0.4, -0.2) is 58.6 Å². The summed E-state index contributed by atoms with van der Waals surface area (Å²) in [5, 5.41) is 21.5. The molecule has 15 heteroatoms. The summed E-state index contributed by atoms with van der Waals surface area (Å²) in [6, 6.07) is 8.46. The van der Waals surface area contributed by atoms with Gasteiger partial charge in [-0.1, -0.05) is 13.0 Å². The molecule has 2 heterocycles. The number of pyridine rings is 1. The van der Waals surface area contributed by atoms with Gasteiger partial charge in [0.25, 0.3) is 10.0 Å². The zero-order valence-electron chi connectivity index (χ0n) is 23.3. The molecule has 0 unspecified atom stereocenters. The van der Waals surface area contributed by atoms with Crippen LogP contribution in [0.4, 0.5) is 24.7 Å². The Morgan fingerprint density at radius 2 is 1.74 bits per heavy atom. The number of alkyl halides is 3. The van der Waals surface area contributed by atoms with Gasteiger partial charge in [-0.2, -0.15) is 18.3 Å². The fourth-order valence-electron chi connectivity index (χ4n) is 4.52. The van der Waals surface area contributed by atoms with E-state index in [0.717, 1.165) is 55.6 Å². The molecule has 0 spiro atoms. The molecule has 0 amide bonds. The van der Waals surface area contributed by atoms with Crippen molar-refractivity contribution in [2.45, 2.75) is 70.1 Å². The van der Waals surface area contributed by atoms with Gasteiger partial charge in [0.05, 0.1) is 34.7 Å². The lowest BCUT2D eigenvalue weighted by Crippen LogP contribution is -2.23. The molecule has 0 saturated heterocycles. The fraction of sp³-hybridized carbons (Fsp3) is 0.407. The molecule has 0 fully saturated rings. The summed E-state index contributed by atoms with van der Waals surface area (Å²) in [4.78, 5) is 27.1. The number of carbonyl (C=O) groups is 2. The summed E-state index contributed by atoms with van der Waals surface area (Å²) in [5.41, 5.74) is 4.09. The van der Waals surface area contributed by atoms with Gasteiger partial charge in [-0.05, 0) is 74.4 Å². The first-order valence-electron chi connectivity index (χ1n) is 13.0. The van der Waals surface area contributed by atoms with Crippen LogP contribution in [-0.2, 0) is 40.7 Å². The van der Waals surface area contributed by atoms with Gasteiger partial charge in [-0.3, -0.25) is 9.40 Å². The van der Waals surface area contributed by atoms with Crippen molar-refractivity contribution >= 4 is 33.5 Å². The van der Waals surface area contributed by atoms with Crippen LogP contribution in [0, 0.1) is 6.92 Å². The van der Waals surface area contributed by atoms with E-state index >= 15 is 0 Å². The third-order valence-electron chi connectivity index (χ3n) is 6.40. The molecule has 3 aromatic rings. The average molecular weight is 612 g/mol. The molecule has 228 valence electrons. The molecule has 4 rings (SSSR count). The summed E-state index contributed by atoms with van der Waals surface area (Å²) in [7, 11) is -2.13. The molecule has 42 heavy (non-hydrogen) atoms. The second kappa shape index (κ2) is 13.2. The Bertz CT molecular complexity index is 1560. The number of anilines is 2. The Morgan fingerprint density at radius 1 is 1.10 bits per heavy atom. The van der Waals surface area contributed by atoms with E-state index in [1.165, 1.54) is 17.8 Å². The predicted molar refractivity (Wildman–Crippen MR) is 148 cm³/mol. The number of carboxylic acids is 2. The highest BCUT2D eigenvalue weighted by molar-refractivity contribution is 7.92. The number of halogens is 3. The number of aromatic nitrogens is 3. The minimum Gasteiger partial charge on any atom is -0.478 e. The average Bonchev–Trinajstić information content (AvgIpc) is 3.26. The van der Waals surface area contributed by atoms with Crippen LogP contribution in [0.3, 0.4) is 0 Å². The molecule has 0 atom stereocenters. The van der Waals surface area contributed by atoms with Crippen LogP contribution in [0.1, 0.15) is 59.1 Å². The molecule has 0 aliphatic heterocycles. The molecule has 0 saturated carbocycles. The number of nitrogens with zero attached hydrogens (tertiary/aromatic N) is 4. The molecule has 3 N–H and O–H groups in total. The van der Waals surface area contributed by atoms with E-state index in [1.807, 2.05) is 23.7 Å². The van der Waals surface area contributed by atoms with Crippen LogP contribution in [0.15, 0.2) is 41.4 Å². The third kappa shape index (κ3) is 8.21. The van der Waals surface area contributed by atoms with Gasteiger partial charge in [0.1, 0.15) is 11.4 Å². The van der Waals surface area contributed by atoms with Crippen LogP contribution in [0.25, 0.3) is 0 Å². The number of fused-ring (bicyclic) bond motifs is 1. The van der Waals surface area contributed by atoms with Crippen LogP contribution in [0.5, 0.6) is 0 Å². The normalized spacial score (nSPS) is 13.0. The second-order valence-electron chi connectivity index (χ2n) is 9.80. The van der Waals surface area contributed by atoms with Gasteiger partial charge < -0.3 is 15.1 Å². The van der Waals surface area contributed by atoms with Crippen molar-refractivity contribution in [3.05, 3.63) is 64.6 Å². The van der Waals surface area contributed by atoms with Crippen molar-refractivity contribution in [3.63, 3.8) is 0 Å². The quantitative estimate of drug-likeness (QED) is 0.314. The smallest absolute Gasteiger partial charge is 0.478 e. The zero-order valence-corrected chi connectivity index (χ0v) is 24.1. The maximum absolute atomic E-state index is 13.0. The molecule has 1 aliphatic carbocycles. The van der Waals surface area contributed by atoms with E-state index in [-0.39, 0.29) is 22.0 Å². The summed E-state index contributed by atoms with van der Waals surface area (Å²) >= 11 is 0. The topological polar surface area (TPSA) is 155 Å². The molecular weight excluding hydrogens is 579 g/mol. The predicted octanol–water partition coefficient (Wildman–Crippen LogP) is 4.64. The Morgan fingerprint density at radius 3 is 2.33 bits per heavy atom. The minimum atomic E-state index is -5.08. The standard InChI is InChI=1S/C25H31N5O4S.C2HF3O2/c1-4-11-30-21(12-17(2)27-30)16-29(3)24-23(25(31)32)14-20(15-26-24)28-35(33,34)22-10-9-18-7-5-6-8-19(18)13-22;3-2(4,5)1(6)7/h9-10,12-15,28H,4-8,11,16H2,1-3H3,(H,31,32);(H,6,7). The lowest BCUT2D eigenvalue weighted by Gasteiger charge is -2.21. The molecular formula is C27H32F3N5O6S. The summed E-state index contributed by atoms with van der Waals surface area (Å²) in [5.74, 6) is -3.70. The number of sulfonamides is 1. The van der Waals surface area contributed by atoms with Crippen molar-refractivity contribution in [3.8, 4) is 0 Å². The van der Waals surface area contributed by atoms with Crippen LogP contribution < -0.4 is 9.62 Å². The highest BCUT2D eigenvalue weighted by Crippen LogP contribution is 2.27. The van der Waals surface area contributed by atoms with Crippen LogP contribution >= 0.6 is 0 Å². The lowest BCUT2D eigenvalue weighted by atomic mass is 9.92. The minimum absolute atomic E-state index is 0.0866. The monoisotopic (exact) mass is 611 g/mol. The van der Waals surface area contributed by atoms with Crippen molar-refractivity contribution in [2.75, 3.05) is 16.7 Å². The molecule has 1 aromatic carbocycles. The Labute approximate surface area is 241 Å². The maximum Gasteiger partial charge on any atom is 0.490 e. The van der Waals surface area contributed by atoms with Gasteiger partial charge in [0.15, 0.2) is 0 Å². The van der Waals surface area contributed by atoms with Crippen molar-refractivity contribution in [2.24, 2.45) is 0 Å². The Balaban J connectivity index is 0.000000616. The number of rotatable bonds is 9. The summed E-state index contributed by atoms with van der Waals surface area (Å²) < 4.78 is 62.2. The first-order chi connectivity index (χ1) is 19.6. The van der Waals surface area contributed by atoms with E-state index in [9.17, 15) is 31.5 Å². The van der Waals surface area contributed by atoms with Gasteiger partial charge in [0, 0.05) is 13.6 Å². The van der Waals surface area contributed by atoms with Gasteiger partial charge >= 0.3 is 18.1 Å². The Hall–Kier alpha value is -4.14. The highest BCUT2D eigenvalue weighted by Gasteiger charge is 2.38. The van der Waals surface area contributed by atoms with E-state index in [2.05, 4.69) is 21.7 Å². The molecule has 11 nitrogen and oxygen atoms in total. The second-order valence-corrected chi connectivity index (χ2v) is 11.5. The number of hydrogen-bond acceptors (Lipinski definition) is 7. The van der Waals surface area contributed by atoms with Crippen molar-refractivity contribution in [1.82, 2.24) is 14.8 Å². The SMILES string of the molecule is CCCn1nc(C)cc1CN(C)c1ncc(NS(=O)(=O)c2ccc3c(c2)CCCC3)cc1C(=O)O.O=C(O)C(F)(F)F. The fourth-order valence-corrected chi connectivity index (χ4v) is 5.60. The van der Waals surface area contributed by atoms with E-state index in [4.69, 9.17) is 9.90 Å². The number of aliphatic carboxylic acids is 1. The number of aryl methyl sites for hydroxylation is 4. The lowest BCUT2D eigenvalue weighted by molar-refractivity contribution is -0.192. The summed E-state index contributed by atoms with van der Waals surface area (Å²) in [6.45, 7) is 5.16. The number of hydrogen-bond donors (Lipinski definition) is 3. The van der Waals surface area contributed by atoms with Gasteiger partial charge in [-0.25, -0.2) is 23.0 Å². The molecule has 0 radical (unpaired) electrons. The molecule has 1 aliphatic rings. The van der Waals surface area contributed by atoms with Crippen molar-refractivity contribution in [1.29, 1.82) is 0 Å². The third-order valence-corrected chi connectivity index (χ3v) is 7.78. The first kappa shape index (κ1) is 32.4. The maximum atomic E-state index is 13.0. The summed E-state index contributed by atoms with van der Waals surface area (Å²) in [6.07, 6.45) is 1.17. The zero-order chi connectivity index (χ0) is 31.2. The number of aromatic carboxylic acids is 1.